The van der Waals surface area contributed by atoms with Gasteiger partial charge in [0.1, 0.15) is 12.4 Å². The zero-order valence-electron chi connectivity index (χ0n) is 16.7. The number of nitrogens with one attached hydrogen (secondary N) is 1. The average molecular weight is 385 g/mol. The molecule has 1 unspecified atom stereocenters. The van der Waals surface area contributed by atoms with Crippen molar-refractivity contribution in [1.29, 1.82) is 0 Å². The summed E-state index contributed by atoms with van der Waals surface area (Å²) in [4.78, 5) is 0. The zero-order chi connectivity index (χ0) is 19.2. The second-order valence-electron chi connectivity index (χ2n) is 6.09. The summed E-state index contributed by atoms with van der Waals surface area (Å²) in [5, 5.41) is 3.83. The van der Waals surface area contributed by atoms with Gasteiger partial charge in [-0.1, -0.05) is 17.7 Å². The van der Waals surface area contributed by atoms with Crippen LogP contribution in [-0.2, 0) is 6.42 Å². The van der Waals surface area contributed by atoms with Gasteiger partial charge in [-0.3, -0.25) is 0 Å². The van der Waals surface area contributed by atoms with Crippen molar-refractivity contribution in [2.75, 3.05) is 20.2 Å². The minimum absolute atomic E-state index is 0. The Morgan fingerprint density at radius 2 is 2.20 bits per heavy atom. The molecule has 0 amide bonds. The van der Waals surface area contributed by atoms with Crippen molar-refractivity contribution >= 4 is 24.0 Å². The molecule has 0 spiro atoms. The van der Waals surface area contributed by atoms with Gasteiger partial charge in [0, 0.05) is 22.2 Å². The zero-order valence-corrected chi connectivity index (χ0v) is 15.2. The van der Waals surface area contributed by atoms with Crippen molar-refractivity contribution in [1.82, 2.24) is 5.32 Å². The summed E-state index contributed by atoms with van der Waals surface area (Å²) in [5.41, 5.74) is 2.92. The maximum absolute atomic E-state index is 7.41. The van der Waals surface area contributed by atoms with Gasteiger partial charge in [0.15, 0.2) is 17.6 Å². The molecule has 6 heteroatoms. The Labute approximate surface area is 163 Å². The van der Waals surface area contributed by atoms with Crippen molar-refractivity contribution in [2.45, 2.75) is 25.5 Å². The van der Waals surface area contributed by atoms with E-state index < -0.39 is 13.1 Å². The Kier molecular flexibility index (Phi) is 4.26. The maximum atomic E-state index is 7.41. The van der Waals surface area contributed by atoms with Gasteiger partial charge in [-0.15, -0.1) is 12.4 Å². The van der Waals surface area contributed by atoms with Crippen LogP contribution >= 0.6 is 24.0 Å². The monoisotopic (exact) mass is 384 g/mol. The summed E-state index contributed by atoms with van der Waals surface area (Å²) >= 11 is 6.04. The number of hydrogen-bond donors (Lipinski definition) is 1. The van der Waals surface area contributed by atoms with Gasteiger partial charge >= 0.3 is 0 Å². The summed E-state index contributed by atoms with van der Waals surface area (Å²) in [6.45, 7) is 3.27. The van der Waals surface area contributed by atoms with Crippen LogP contribution in [0.2, 0.25) is 5.02 Å². The topological polar surface area (TPSA) is 39.7 Å². The van der Waals surface area contributed by atoms with Gasteiger partial charge in [0.05, 0.1) is 11.2 Å². The fraction of sp³-hybridized carbons (Fsp3) is 0.368. The lowest BCUT2D eigenvalue weighted by Crippen LogP contribution is -2.30. The molecule has 0 saturated heterocycles. The van der Waals surface area contributed by atoms with Crippen molar-refractivity contribution in [3.63, 3.8) is 0 Å². The fourth-order valence-electron chi connectivity index (χ4n) is 3.43. The van der Waals surface area contributed by atoms with E-state index in [0.717, 1.165) is 18.5 Å². The number of rotatable bonds is 2. The summed E-state index contributed by atoms with van der Waals surface area (Å²) in [7, 11) is -2.58. The molecule has 2 aliphatic heterocycles. The van der Waals surface area contributed by atoms with E-state index in [2.05, 4.69) is 18.3 Å². The number of ether oxygens (including phenoxy) is 3. The largest absolute Gasteiger partial charge is 0.496 e. The van der Waals surface area contributed by atoms with Crippen molar-refractivity contribution < 1.29 is 18.3 Å². The molecule has 0 fully saturated rings. The van der Waals surface area contributed by atoms with Crippen LogP contribution in [0.3, 0.4) is 0 Å². The molecule has 1 N–H and O–H groups in total. The standard InChI is InChI=1S/C19H20ClNO3.ClH/c1-11-18-12(7-8-21-11)3-6-15-19(18)24-17(10-23-15)14-5-4-13(20)9-16(14)22-2;/h3-6,9,11,17,21H,7-8,10H2,1-2H3;1H/t11?,17-;/m1./s1/i2D3;. The summed E-state index contributed by atoms with van der Waals surface area (Å²) in [6.07, 6.45) is 0.433. The van der Waals surface area contributed by atoms with Crippen LogP contribution in [0.5, 0.6) is 17.2 Å². The van der Waals surface area contributed by atoms with Crippen molar-refractivity contribution in [2.24, 2.45) is 0 Å². The SMILES string of the molecule is Cl.[2H]C([2H])([2H])Oc1cc(Cl)ccc1[C@H]1COc2ccc3c(c2O1)C(C)NCC3. The maximum Gasteiger partial charge on any atom is 0.167 e. The van der Waals surface area contributed by atoms with Gasteiger partial charge in [0.25, 0.3) is 0 Å². The van der Waals surface area contributed by atoms with Crippen LogP contribution in [0.1, 0.15) is 39.9 Å². The average Bonchev–Trinajstić information content (AvgIpc) is 2.60. The first-order valence-electron chi connectivity index (χ1n) is 9.49. The summed E-state index contributed by atoms with van der Waals surface area (Å²) < 4.78 is 39.6. The molecule has 2 aliphatic rings. The Balaban J connectivity index is 0.00000225. The van der Waals surface area contributed by atoms with E-state index in [1.807, 2.05) is 6.07 Å². The van der Waals surface area contributed by atoms with E-state index >= 15 is 0 Å². The first-order chi connectivity index (χ1) is 12.8. The van der Waals surface area contributed by atoms with E-state index in [1.54, 1.807) is 12.1 Å². The molecule has 0 bridgehead atoms. The van der Waals surface area contributed by atoms with Gasteiger partial charge in [-0.25, -0.2) is 0 Å². The molecule has 0 saturated carbocycles. The lowest BCUT2D eigenvalue weighted by Gasteiger charge is -2.33. The predicted octanol–water partition coefficient (Wildman–Crippen LogP) is 4.49. The number of benzene rings is 2. The highest BCUT2D eigenvalue weighted by Gasteiger charge is 2.31. The predicted molar refractivity (Wildman–Crippen MR) is 101 cm³/mol. The quantitative estimate of drug-likeness (QED) is 0.827. The molecule has 4 nitrogen and oxygen atoms in total. The highest BCUT2D eigenvalue weighted by molar-refractivity contribution is 6.30. The Bertz CT molecular complexity index is 876. The fourth-order valence-corrected chi connectivity index (χ4v) is 3.59. The van der Waals surface area contributed by atoms with Crippen LogP contribution in [0, 0.1) is 0 Å². The molecule has 25 heavy (non-hydrogen) atoms. The first kappa shape index (κ1) is 14.5. The third kappa shape index (κ3) is 3.26. The lowest BCUT2D eigenvalue weighted by molar-refractivity contribution is 0.0868. The summed E-state index contributed by atoms with van der Waals surface area (Å²) in [5.74, 6) is 1.58. The molecular weight excluding hydrogens is 361 g/mol. The minimum atomic E-state index is -2.58. The molecule has 0 radical (unpaired) electrons. The van der Waals surface area contributed by atoms with Crippen LogP contribution in [-0.4, -0.2) is 20.2 Å². The second kappa shape index (κ2) is 7.32. The molecule has 2 aromatic carbocycles. The number of fused-ring (bicyclic) bond motifs is 3. The minimum Gasteiger partial charge on any atom is -0.496 e. The molecule has 0 aromatic heterocycles. The Morgan fingerprint density at radius 3 is 3.04 bits per heavy atom. The lowest BCUT2D eigenvalue weighted by atomic mass is 9.93. The van der Waals surface area contributed by atoms with Crippen molar-refractivity contribution in [3.8, 4) is 17.2 Å². The first-order valence-corrected chi connectivity index (χ1v) is 8.37. The molecular formula is C19H21Cl2NO3. The normalized spacial score (nSPS) is 23.4. The second-order valence-corrected chi connectivity index (χ2v) is 6.53. The van der Waals surface area contributed by atoms with Crippen molar-refractivity contribution in [3.05, 3.63) is 52.0 Å². The van der Waals surface area contributed by atoms with Crippen LogP contribution in [0.15, 0.2) is 30.3 Å². The van der Waals surface area contributed by atoms with E-state index in [1.165, 1.54) is 11.6 Å². The third-order valence-electron chi connectivity index (χ3n) is 4.61. The highest BCUT2D eigenvalue weighted by Crippen LogP contribution is 2.45. The van der Waals surface area contributed by atoms with Gasteiger partial charge in [0.2, 0.25) is 0 Å². The van der Waals surface area contributed by atoms with E-state index in [4.69, 9.17) is 29.9 Å². The van der Waals surface area contributed by atoms with E-state index in [0.29, 0.717) is 22.1 Å². The highest BCUT2D eigenvalue weighted by atomic mass is 35.5. The van der Waals surface area contributed by atoms with Gasteiger partial charge in [-0.05, 0) is 49.7 Å². The molecule has 0 aliphatic carbocycles. The summed E-state index contributed by atoms with van der Waals surface area (Å²) in [6, 6.07) is 9.07. The molecule has 2 heterocycles. The Morgan fingerprint density at radius 1 is 1.32 bits per heavy atom. The third-order valence-corrected chi connectivity index (χ3v) is 4.85. The molecule has 4 rings (SSSR count). The van der Waals surface area contributed by atoms with Gasteiger partial charge in [-0.2, -0.15) is 0 Å². The number of hydrogen-bond acceptors (Lipinski definition) is 4. The molecule has 2 aromatic rings. The molecule has 134 valence electrons. The molecule has 2 atom stereocenters. The van der Waals surface area contributed by atoms with Crippen LogP contribution in [0.25, 0.3) is 0 Å². The van der Waals surface area contributed by atoms with Crippen LogP contribution in [0.4, 0.5) is 0 Å². The van der Waals surface area contributed by atoms with Gasteiger partial charge < -0.3 is 19.5 Å². The number of halogens is 2. The van der Waals surface area contributed by atoms with E-state index in [-0.39, 0.29) is 30.8 Å². The number of methoxy groups -OCH3 is 1. The van der Waals surface area contributed by atoms with Crippen LogP contribution < -0.4 is 19.5 Å². The Hall–Kier alpha value is -1.62. The smallest absolute Gasteiger partial charge is 0.167 e. The van der Waals surface area contributed by atoms with E-state index in [9.17, 15) is 0 Å².